The van der Waals surface area contributed by atoms with Crippen LogP contribution >= 0.6 is 0 Å². The zero-order chi connectivity index (χ0) is 37.4. The first-order chi connectivity index (χ1) is 24.8. The van der Waals surface area contributed by atoms with Crippen LogP contribution in [0.15, 0.2) is 91.1 Å². The number of aliphatic hydroxyl groups is 1. The number of urea groups is 1. The molecule has 1 saturated heterocycles. The van der Waals surface area contributed by atoms with Crippen LogP contribution in [0.5, 0.6) is 0 Å². The second kappa shape index (κ2) is 16.8. The minimum absolute atomic E-state index is 0.0762. The molecule has 1 aliphatic heterocycles. The molecule has 4 aromatic rings. The molecule has 4 amide bonds. The minimum Gasteiger partial charge on any atom is -0.465 e. The molecule has 11 heteroatoms. The molecule has 0 saturated carbocycles. The van der Waals surface area contributed by atoms with E-state index in [1.54, 1.807) is 16.0 Å². The van der Waals surface area contributed by atoms with Gasteiger partial charge in [-0.05, 0) is 79.5 Å². The Kier molecular flexibility index (Phi) is 12.3. The van der Waals surface area contributed by atoms with Gasteiger partial charge in [-0.2, -0.15) is 0 Å². The third kappa shape index (κ3) is 10.2. The normalized spacial score (nSPS) is 15.5. The molecule has 11 nitrogen and oxygen atoms in total. The zero-order valence-electron chi connectivity index (χ0n) is 30.6. The van der Waals surface area contributed by atoms with E-state index in [4.69, 9.17) is 0 Å². The molecule has 3 heterocycles. The molecule has 52 heavy (non-hydrogen) atoms. The highest BCUT2D eigenvalue weighted by atomic mass is 16.4. The third-order valence-corrected chi connectivity index (χ3v) is 9.40. The molecular weight excluding hydrogens is 656 g/mol. The van der Waals surface area contributed by atoms with Gasteiger partial charge in [-0.25, -0.2) is 9.59 Å². The van der Waals surface area contributed by atoms with Crippen molar-refractivity contribution in [1.29, 1.82) is 0 Å². The van der Waals surface area contributed by atoms with Crippen molar-refractivity contribution in [2.24, 2.45) is 5.41 Å². The van der Waals surface area contributed by atoms with Gasteiger partial charge in [0.2, 0.25) is 5.91 Å². The van der Waals surface area contributed by atoms with Crippen molar-refractivity contribution in [3.63, 3.8) is 0 Å². The first-order valence-electron chi connectivity index (χ1n) is 17.8. The van der Waals surface area contributed by atoms with Gasteiger partial charge in [0.15, 0.2) is 0 Å². The first kappa shape index (κ1) is 38.0. The Morgan fingerprint density at radius 1 is 0.885 bits per heavy atom. The molecule has 0 radical (unpaired) electrons. The Balaban J connectivity index is 1.33. The standard InChI is InChI=1S/C41H50N6O5/c1-27-18-19-42-34(22-27)31-16-14-30(15-17-31)24-35(45-39(50)51)36(48)25-33(23-29-11-7-6-8-12-29)44-38(49)37(41(3,4)5)47-21-20-46(40(47)52)26-32-13-9-10-28(2)43-32/h6-19,22,33,35-37,45,48H,20-21,23-26H2,1-5H3,(H,44,49)(H,50,51)/t33-,35-,36-,37+/m0/s1. The summed E-state index contributed by atoms with van der Waals surface area (Å²) in [7, 11) is 0. The van der Waals surface area contributed by atoms with E-state index in [-0.39, 0.29) is 24.8 Å². The fourth-order valence-electron chi connectivity index (χ4n) is 6.90. The SMILES string of the molecule is Cc1ccnc(-c2ccc(C[C@H](NC(=O)O)[C@@H](O)C[C@H](Cc3ccccc3)NC(=O)[C@@H](N3CCN(Cc4cccc(C)n4)C3=O)C(C)(C)C)cc2)c1. The number of pyridine rings is 2. The number of aliphatic hydroxyl groups excluding tert-OH is 1. The van der Waals surface area contributed by atoms with E-state index in [0.717, 1.165) is 39.3 Å². The summed E-state index contributed by atoms with van der Waals surface area (Å²) in [6.45, 7) is 10.9. The molecule has 2 aromatic carbocycles. The van der Waals surface area contributed by atoms with Crippen molar-refractivity contribution in [2.45, 2.75) is 84.7 Å². The molecule has 0 bridgehead atoms. The lowest BCUT2D eigenvalue weighted by Gasteiger charge is -2.38. The number of aromatic nitrogens is 2. The van der Waals surface area contributed by atoms with Gasteiger partial charge in [-0.15, -0.1) is 0 Å². The summed E-state index contributed by atoms with van der Waals surface area (Å²) < 4.78 is 0. The Morgan fingerprint density at radius 3 is 2.25 bits per heavy atom. The van der Waals surface area contributed by atoms with E-state index in [9.17, 15) is 24.6 Å². The number of nitrogens with zero attached hydrogens (tertiary/aromatic N) is 4. The average molecular weight is 707 g/mol. The van der Waals surface area contributed by atoms with Crippen molar-refractivity contribution < 1.29 is 24.6 Å². The molecule has 0 aliphatic carbocycles. The van der Waals surface area contributed by atoms with E-state index in [2.05, 4.69) is 20.6 Å². The van der Waals surface area contributed by atoms with E-state index in [1.807, 2.05) is 120 Å². The van der Waals surface area contributed by atoms with Crippen LogP contribution in [0, 0.1) is 19.3 Å². The number of rotatable bonds is 14. The van der Waals surface area contributed by atoms with Gasteiger partial charge < -0.3 is 30.6 Å². The highest BCUT2D eigenvalue weighted by molar-refractivity contribution is 5.89. The second-order valence-electron chi connectivity index (χ2n) is 14.8. The predicted octanol–water partition coefficient (Wildman–Crippen LogP) is 5.77. The van der Waals surface area contributed by atoms with Gasteiger partial charge in [0.1, 0.15) is 6.04 Å². The molecular formula is C41H50N6O5. The van der Waals surface area contributed by atoms with E-state index >= 15 is 0 Å². The molecule has 4 atom stereocenters. The van der Waals surface area contributed by atoms with Crippen molar-refractivity contribution in [3.8, 4) is 11.3 Å². The summed E-state index contributed by atoms with van der Waals surface area (Å²) in [4.78, 5) is 52.3. The Labute approximate surface area is 306 Å². The maximum absolute atomic E-state index is 14.3. The Bertz CT molecular complexity index is 1830. The Hall–Kier alpha value is -5.29. The molecule has 2 aromatic heterocycles. The predicted molar refractivity (Wildman–Crippen MR) is 200 cm³/mol. The number of carbonyl (C=O) groups is 3. The molecule has 1 aliphatic rings. The number of hydrogen-bond donors (Lipinski definition) is 4. The smallest absolute Gasteiger partial charge is 0.404 e. The molecule has 274 valence electrons. The number of carboxylic acid groups (broad SMARTS) is 1. The largest absolute Gasteiger partial charge is 0.465 e. The lowest BCUT2D eigenvalue weighted by Crippen LogP contribution is -2.57. The highest BCUT2D eigenvalue weighted by Gasteiger charge is 2.44. The monoisotopic (exact) mass is 706 g/mol. The minimum atomic E-state index is -1.25. The van der Waals surface area contributed by atoms with Gasteiger partial charge in [0, 0.05) is 36.6 Å². The van der Waals surface area contributed by atoms with Crippen LogP contribution in [0.3, 0.4) is 0 Å². The van der Waals surface area contributed by atoms with Crippen LogP contribution in [0.25, 0.3) is 11.3 Å². The van der Waals surface area contributed by atoms with Crippen LogP contribution < -0.4 is 10.6 Å². The lowest BCUT2D eigenvalue weighted by molar-refractivity contribution is -0.129. The van der Waals surface area contributed by atoms with E-state index in [0.29, 0.717) is 26.1 Å². The van der Waals surface area contributed by atoms with Crippen LogP contribution in [0.1, 0.15) is 55.3 Å². The summed E-state index contributed by atoms with van der Waals surface area (Å²) in [6, 6.07) is 24.5. The van der Waals surface area contributed by atoms with Crippen molar-refractivity contribution in [3.05, 3.63) is 119 Å². The summed E-state index contributed by atoms with van der Waals surface area (Å²) >= 11 is 0. The topological polar surface area (TPSA) is 148 Å². The number of aryl methyl sites for hydroxylation is 2. The molecule has 5 rings (SSSR count). The average Bonchev–Trinajstić information content (AvgIpc) is 3.42. The third-order valence-electron chi connectivity index (χ3n) is 9.40. The number of hydrogen-bond acceptors (Lipinski definition) is 6. The van der Waals surface area contributed by atoms with Crippen LogP contribution in [-0.4, -0.2) is 85.3 Å². The zero-order valence-corrected chi connectivity index (χ0v) is 30.6. The number of carbonyl (C=O) groups excluding carboxylic acids is 2. The van der Waals surface area contributed by atoms with Gasteiger partial charge >= 0.3 is 12.1 Å². The maximum Gasteiger partial charge on any atom is 0.404 e. The lowest BCUT2D eigenvalue weighted by atomic mass is 9.84. The number of nitrogens with one attached hydrogen (secondary N) is 2. The maximum atomic E-state index is 14.3. The van der Waals surface area contributed by atoms with Crippen molar-refractivity contribution in [1.82, 2.24) is 30.4 Å². The van der Waals surface area contributed by atoms with Crippen molar-refractivity contribution in [2.75, 3.05) is 13.1 Å². The summed E-state index contributed by atoms with van der Waals surface area (Å²) in [5, 5.41) is 27.0. The van der Waals surface area contributed by atoms with Gasteiger partial charge in [-0.3, -0.25) is 14.8 Å². The second-order valence-corrected chi connectivity index (χ2v) is 14.8. The molecule has 0 unspecified atom stereocenters. The van der Waals surface area contributed by atoms with Crippen LogP contribution in [0.4, 0.5) is 9.59 Å². The van der Waals surface area contributed by atoms with Crippen molar-refractivity contribution >= 4 is 18.0 Å². The van der Waals surface area contributed by atoms with Crippen LogP contribution in [0.2, 0.25) is 0 Å². The highest BCUT2D eigenvalue weighted by Crippen LogP contribution is 2.29. The fraction of sp³-hybridized carbons (Fsp3) is 0.390. The molecule has 0 spiro atoms. The summed E-state index contributed by atoms with van der Waals surface area (Å²) in [6.07, 6.45) is 0.0865. The first-order valence-corrected chi connectivity index (χ1v) is 17.8. The number of benzene rings is 2. The van der Waals surface area contributed by atoms with E-state index < -0.39 is 35.7 Å². The molecule has 1 fully saturated rings. The number of amides is 4. The quantitative estimate of drug-likeness (QED) is 0.130. The fourth-order valence-corrected chi connectivity index (χ4v) is 6.90. The Morgan fingerprint density at radius 2 is 1.60 bits per heavy atom. The molecule has 4 N–H and O–H groups in total. The summed E-state index contributed by atoms with van der Waals surface area (Å²) in [5.41, 5.74) is 5.70. The van der Waals surface area contributed by atoms with Gasteiger partial charge in [-0.1, -0.05) is 81.4 Å². The van der Waals surface area contributed by atoms with E-state index in [1.165, 1.54) is 0 Å². The van der Waals surface area contributed by atoms with Crippen LogP contribution in [-0.2, 0) is 24.2 Å². The summed E-state index contributed by atoms with van der Waals surface area (Å²) in [5.74, 6) is -0.326. The van der Waals surface area contributed by atoms with Gasteiger partial charge in [0.05, 0.1) is 30.1 Å². The van der Waals surface area contributed by atoms with Gasteiger partial charge in [0.25, 0.3) is 0 Å².